The number of rotatable bonds is 9. The van der Waals surface area contributed by atoms with E-state index in [1.807, 2.05) is 6.07 Å². The summed E-state index contributed by atoms with van der Waals surface area (Å²) in [7, 11) is 2.12. The van der Waals surface area contributed by atoms with E-state index in [4.69, 9.17) is 0 Å². The van der Waals surface area contributed by atoms with E-state index in [2.05, 4.69) is 55.4 Å². The summed E-state index contributed by atoms with van der Waals surface area (Å²) in [5.74, 6) is 0.387. The molecule has 0 bridgehead atoms. The summed E-state index contributed by atoms with van der Waals surface area (Å²) >= 11 is 0. The topological polar surface area (TPSA) is 32.3 Å². The van der Waals surface area contributed by atoms with Gasteiger partial charge in [0, 0.05) is 19.0 Å². The predicted molar refractivity (Wildman–Crippen MR) is 84.5 cm³/mol. The van der Waals surface area contributed by atoms with Gasteiger partial charge < -0.3 is 10.2 Å². The Hall–Kier alpha value is -1.35. The van der Waals surface area contributed by atoms with E-state index >= 15 is 0 Å². The molecule has 0 saturated carbocycles. The van der Waals surface area contributed by atoms with E-state index in [0.29, 0.717) is 0 Å². The summed E-state index contributed by atoms with van der Waals surface area (Å²) in [6.07, 6.45) is 2.85. The molecule has 1 rings (SSSR count). The molecule has 0 aliphatic heterocycles. The van der Waals surface area contributed by atoms with Crippen LogP contribution in [0.2, 0.25) is 0 Å². The van der Waals surface area contributed by atoms with Crippen LogP contribution in [0.1, 0.15) is 38.7 Å². The van der Waals surface area contributed by atoms with Crippen molar-refractivity contribution in [3.8, 4) is 0 Å². The monoisotopic (exact) mass is 276 g/mol. The van der Waals surface area contributed by atoms with Crippen LogP contribution < -0.4 is 5.32 Å². The average Bonchev–Trinajstić information content (AvgIpc) is 2.46. The summed E-state index contributed by atoms with van der Waals surface area (Å²) in [5.41, 5.74) is 1.33. The first kappa shape index (κ1) is 16.7. The molecular formula is C17H28N2O. The number of hydrogen-bond acceptors (Lipinski definition) is 2. The molecule has 0 heterocycles. The fraction of sp³-hybridized carbons (Fsp3) is 0.588. The zero-order valence-electron chi connectivity index (χ0n) is 13.1. The quantitative estimate of drug-likeness (QED) is 0.703. The Balaban J connectivity index is 2.16. The van der Waals surface area contributed by atoms with E-state index in [1.54, 1.807) is 0 Å². The lowest BCUT2D eigenvalue weighted by Crippen LogP contribution is -2.32. The first-order valence-corrected chi connectivity index (χ1v) is 7.67. The predicted octanol–water partition coefficient (Wildman–Crippen LogP) is 3.06. The molecule has 3 nitrogen and oxygen atoms in total. The molecule has 0 saturated heterocycles. The first-order valence-electron chi connectivity index (χ1n) is 7.67. The molecule has 0 aliphatic carbocycles. The van der Waals surface area contributed by atoms with E-state index in [1.165, 1.54) is 5.56 Å². The molecule has 0 spiro atoms. The van der Waals surface area contributed by atoms with Gasteiger partial charge in [0.2, 0.25) is 5.91 Å². The third-order valence-electron chi connectivity index (χ3n) is 3.67. The van der Waals surface area contributed by atoms with Crippen LogP contribution in [-0.4, -0.2) is 30.9 Å². The van der Waals surface area contributed by atoms with Gasteiger partial charge in [0.25, 0.3) is 0 Å². The summed E-state index contributed by atoms with van der Waals surface area (Å²) in [6, 6.07) is 10.5. The lowest BCUT2D eigenvalue weighted by molar-refractivity contribution is -0.125. The average molecular weight is 276 g/mol. The second-order valence-electron chi connectivity index (χ2n) is 5.38. The fourth-order valence-electron chi connectivity index (χ4n) is 2.34. The highest BCUT2D eigenvalue weighted by atomic mass is 16.1. The normalized spacial score (nSPS) is 11.1. The Morgan fingerprint density at radius 3 is 2.45 bits per heavy atom. The van der Waals surface area contributed by atoms with Crippen molar-refractivity contribution in [2.24, 2.45) is 5.92 Å². The van der Waals surface area contributed by atoms with Crippen LogP contribution in [0.4, 0.5) is 0 Å². The molecule has 1 aromatic rings. The van der Waals surface area contributed by atoms with Crippen molar-refractivity contribution in [1.29, 1.82) is 0 Å². The molecular weight excluding hydrogens is 248 g/mol. The molecule has 3 heteroatoms. The summed E-state index contributed by atoms with van der Waals surface area (Å²) < 4.78 is 0. The van der Waals surface area contributed by atoms with Gasteiger partial charge in [0.05, 0.1) is 0 Å². The van der Waals surface area contributed by atoms with Gasteiger partial charge >= 0.3 is 0 Å². The van der Waals surface area contributed by atoms with Gasteiger partial charge in [0.15, 0.2) is 0 Å². The molecule has 0 atom stereocenters. The molecule has 0 unspecified atom stereocenters. The molecule has 0 fully saturated rings. The number of carbonyl (C=O) groups is 1. The van der Waals surface area contributed by atoms with Crippen molar-refractivity contribution in [1.82, 2.24) is 10.2 Å². The van der Waals surface area contributed by atoms with Crippen molar-refractivity contribution in [2.75, 3.05) is 20.1 Å². The maximum absolute atomic E-state index is 11.8. The van der Waals surface area contributed by atoms with Crippen LogP contribution in [0.5, 0.6) is 0 Å². The lowest BCUT2D eigenvalue weighted by atomic mass is 10.0. The molecule has 1 aromatic carbocycles. The van der Waals surface area contributed by atoms with E-state index in [0.717, 1.165) is 38.9 Å². The zero-order chi connectivity index (χ0) is 14.8. The molecule has 0 aliphatic rings. The fourth-order valence-corrected chi connectivity index (χ4v) is 2.34. The maximum atomic E-state index is 11.8. The number of nitrogens with one attached hydrogen (secondary N) is 1. The number of hydrogen-bond donors (Lipinski definition) is 1. The highest BCUT2D eigenvalue weighted by molar-refractivity contribution is 5.78. The Morgan fingerprint density at radius 2 is 1.85 bits per heavy atom. The zero-order valence-corrected chi connectivity index (χ0v) is 13.1. The third-order valence-corrected chi connectivity index (χ3v) is 3.67. The highest BCUT2D eigenvalue weighted by Gasteiger charge is 2.12. The van der Waals surface area contributed by atoms with Crippen LogP contribution in [0.15, 0.2) is 30.3 Å². The Bertz CT molecular complexity index is 374. The van der Waals surface area contributed by atoms with Crippen LogP contribution in [0, 0.1) is 5.92 Å². The van der Waals surface area contributed by atoms with E-state index in [-0.39, 0.29) is 11.8 Å². The minimum Gasteiger partial charge on any atom is -0.356 e. The van der Waals surface area contributed by atoms with Crippen LogP contribution in [0.3, 0.4) is 0 Å². The van der Waals surface area contributed by atoms with E-state index < -0.39 is 0 Å². The van der Waals surface area contributed by atoms with Gasteiger partial charge in [-0.25, -0.2) is 0 Å². The summed E-state index contributed by atoms with van der Waals surface area (Å²) in [6.45, 7) is 6.87. The Labute approximate surface area is 123 Å². The molecule has 20 heavy (non-hydrogen) atoms. The van der Waals surface area contributed by atoms with Gasteiger partial charge in [-0.2, -0.15) is 0 Å². The number of benzene rings is 1. The number of carbonyl (C=O) groups excluding carboxylic acids is 1. The molecule has 112 valence electrons. The lowest BCUT2D eigenvalue weighted by Gasteiger charge is -2.17. The SMILES string of the molecule is CCC(CC)C(=O)NCCCN(C)Cc1ccccc1. The number of nitrogens with zero attached hydrogens (tertiary/aromatic N) is 1. The Kier molecular flexibility index (Phi) is 7.97. The summed E-state index contributed by atoms with van der Waals surface area (Å²) in [5, 5.41) is 3.04. The van der Waals surface area contributed by atoms with Crippen molar-refractivity contribution >= 4 is 5.91 Å². The van der Waals surface area contributed by atoms with Crippen LogP contribution in [0.25, 0.3) is 0 Å². The largest absolute Gasteiger partial charge is 0.356 e. The first-order chi connectivity index (χ1) is 9.67. The van der Waals surface area contributed by atoms with Crippen molar-refractivity contribution < 1.29 is 4.79 Å². The second kappa shape index (κ2) is 9.54. The molecule has 0 aromatic heterocycles. The standard InChI is InChI=1S/C17H28N2O/c1-4-16(5-2)17(20)18-12-9-13-19(3)14-15-10-7-6-8-11-15/h6-8,10-11,16H,4-5,9,12-14H2,1-3H3,(H,18,20). The van der Waals surface area contributed by atoms with Gasteiger partial charge in [0.1, 0.15) is 0 Å². The molecule has 0 radical (unpaired) electrons. The molecule has 1 amide bonds. The molecule has 1 N–H and O–H groups in total. The second-order valence-corrected chi connectivity index (χ2v) is 5.38. The Morgan fingerprint density at radius 1 is 1.20 bits per heavy atom. The van der Waals surface area contributed by atoms with Gasteiger partial charge in [-0.1, -0.05) is 44.2 Å². The highest BCUT2D eigenvalue weighted by Crippen LogP contribution is 2.07. The van der Waals surface area contributed by atoms with Gasteiger partial charge in [-0.3, -0.25) is 4.79 Å². The number of amides is 1. The van der Waals surface area contributed by atoms with E-state index in [9.17, 15) is 4.79 Å². The summed E-state index contributed by atoms with van der Waals surface area (Å²) in [4.78, 5) is 14.1. The minimum atomic E-state index is 0.178. The van der Waals surface area contributed by atoms with Crippen molar-refractivity contribution in [3.63, 3.8) is 0 Å². The maximum Gasteiger partial charge on any atom is 0.223 e. The van der Waals surface area contributed by atoms with Crippen LogP contribution >= 0.6 is 0 Å². The van der Waals surface area contributed by atoms with Crippen LogP contribution in [-0.2, 0) is 11.3 Å². The third kappa shape index (κ3) is 6.20. The van der Waals surface area contributed by atoms with Crippen molar-refractivity contribution in [2.45, 2.75) is 39.7 Å². The van der Waals surface area contributed by atoms with Gasteiger partial charge in [-0.05, 0) is 38.4 Å². The minimum absolute atomic E-state index is 0.178. The van der Waals surface area contributed by atoms with Gasteiger partial charge in [-0.15, -0.1) is 0 Å². The van der Waals surface area contributed by atoms with Crippen molar-refractivity contribution in [3.05, 3.63) is 35.9 Å². The smallest absolute Gasteiger partial charge is 0.223 e.